The van der Waals surface area contributed by atoms with Crippen LogP contribution in [0.4, 0.5) is 0 Å². The minimum absolute atomic E-state index is 0.847. The standard InChI is InChI=1S/C10H14N2O/c1-7-6-12(2)9-5-3-4-8(11-13)10(7)9/h6,13H,3-5H2,1-2H3. The van der Waals surface area contributed by atoms with Crippen molar-refractivity contribution in [2.24, 2.45) is 12.2 Å². The largest absolute Gasteiger partial charge is 0.411 e. The van der Waals surface area contributed by atoms with Crippen LogP contribution in [-0.2, 0) is 13.5 Å². The minimum atomic E-state index is 0.847. The van der Waals surface area contributed by atoms with Gasteiger partial charge >= 0.3 is 0 Å². The van der Waals surface area contributed by atoms with Crippen molar-refractivity contribution in [3.05, 3.63) is 23.0 Å². The molecule has 0 amide bonds. The smallest absolute Gasteiger partial charge is 0.0888 e. The van der Waals surface area contributed by atoms with Crippen LogP contribution in [-0.4, -0.2) is 15.5 Å². The average Bonchev–Trinajstić information content (AvgIpc) is 2.43. The van der Waals surface area contributed by atoms with Gasteiger partial charge in [-0.15, -0.1) is 0 Å². The van der Waals surface area contributed by atoms with Crippen molar-refractivity contribution in [1.82, 2.24) is 4.57 Å². The first-order valence-electron chi connectivity index (χ1n) is 4.60. The van der Waals surface area contributed by atoms with Crippen LogP contribution in [0.25, 0.3) is 0 Å². The predicted molar refractivity (Wildman–Crippen MR) is 51.4 cm³/mol. The quantitative estimate of drug-likeness (QED) is 0.477. The molecule has 1 aromatic rings. The second-order valence-electron chi connectivity index (χ2n) is 3.64. The molecule has 1 aliphatic carbocycles. The molecule has 0 spiro atoms. The third-order valence-corrected chi connectivity index (χ3v) is 2.73. The number of aryl methyl sites for hydroxylation is 2. The molecule has 1 N–H and O–H groups in total. The second kappa shape index (κ2) is 2.91. The highest BCUT2D eigenvalue weighted by Gasteiger charge is 2.21. The highest BCUT2D eigenvalue weighted by atomic mass is 16.4. The molecule has 0 unspecified atom stereocenters. The van der Waals surface area contributed by atoms with Gasteiger partial charge in [-0.2, -0.15) is 0 Å². The van der Waals surface area contributed by atoms with Crippen molar-refractivity contribution in [2.75, 3.05) is 0 Å². The van der Waals surface area contributed by atoms with Gasteiger partial charge < -0.3 is 9.77 Å². The molecule has 0 atom stereocenters. The molecular weight excluding hydrogens is 164 g/mol. The van der Waals surface area contributed by atoms with Crippen molar-refractivity contribution in [2.45, 2.75) is 26.2 Å². The van der Waals surface area contributed by atoms with Crippen LogP contribution in [0.15, 0.2) is 11.4 Å². The summed E-state index contributed by atoms with van der Waals surface area (Å²) in [5.74, 6) is 0. The number of fused-ring (bicyclic) bond motifs is 1. The van der Waals surface area contributed by atoms with Crippen LogP contribution in [0.3, 0.4) is 0 Å². The molecule has 2 rings (SSSR count). The topological polar surface area (TPSA) is 37.5 Å². The molecular formula is C10H14N2O. The van der Waals surface area contributed by atoms with Gasteiger partial charge in [0.1, 0.15) is 0 Å². The maximum atomic E-state index is 8.85. The van der Waals surface area contributed by atoms with E-state index in [9.17, 15) is 0 Å². The lowest BCUT2D eigenvalue weighted by molar-refractivity contribution is 0.317. The van der Waals surface area contributed by atoms with Gasteiger partial charge in [0, 0.05) is 24.5 Å². The molecule has 1 heterocycles. The van der Waals surface area contributed by atoms with Gasteiger partial charge in [0.15, 0.2) is 0 Å². The number of nitrogens with zero attached hydrogens (tertiary/aromatic N) is 2. The van der Waals surface area contributed by atoms with Gasteiger partial charge in [0.25, 0.3) is 0 Å². The first-order chi connectivity index (χ1) is 6.24. The second-order valence-corrected chi connectivity index (χ2v) is 3.64. The summed E-state index contributed by atoms with van der Waals surface area (Å²) in [7, 11) is 2.05. The van der Waals surface area contributed by atoms with Gasteiger partial charge in [-0.3, -0.25) is 0 Å². The Hall–Kier alpha value is -1.25. The van der Waals surface area contributed by atoms with E-state index in [2.05, 4.69) is 22.8 Å². The highest BCUT2D eigenvalue weighted by Crippen LogP contribution is 2.25. The summed E-state index contributed by atoms with van der Waals surface area (Å²) in [5, 5.41) is 12.2. The summed E-state index contributed by atoms with van der Waals surface area (Å²) >= 11 is 0. The van der Waals surface area contributed by atoms with E-state index in [4.69, 9.17) is 5.21 Å². The maximum absolute atomic E-state index is 8.85. The summed E-state index contributed by atoms with van der Waals surface area (Å²) in [6.45, 7) is 2.06. The van der Waals surface area contributed by atoms with Crippen LogP contribution in [0.1, 0.15) is 29.7 Å². The van der Waals surface area contributed by atoms with Crippen LogP contribution in [0, 0.1) is 6.92 Å². The molecule has 0 aliphatic heterocycles. The zero-order valence-corrected chi connectivity index (χ0v) is 8.04. The Labute approximate surface area is 77.7 Å². The first kappa shape index (κ1) is 8.35. The van der Waals surface area contributed by atoms with E-state index in [1.165, 1.54) is 11.3 Å². The van der Waals surface area contributed by atoms with Gasteiger partial charge in [0.05, 0.1) is 5.71 Å². The molecule has 1 aliphatic rings. The predicted octanol–water partition coefficient (Wildman–Crippen LogP) is 1.85. The zero-order chi connectivity index (χ0) is 9.42. The number of oxime groups is 1. The summed E-state index contributed by atoms with van der Waals surface area (Å²) in [4.78, 5) is 0. The van der Waals surface area contributed by atoms with E-state index in [-0.39, 0.29) is 0 Å². The van der Waals surface area contributed by atoms with Crippen LogP contribution >= 0.6 is 0 Å². The van der Waals surface area contributed by atoms with Crippen LogP contribution < -0.4 is 0 Å². The lowest BCUT2D eigenvalue weighted by Crippen LogP contribution is -2.13. The van der Waals surface area contributed by atoms with Gasteiger partial charge in [-0.1, -0.05) is 5.16 Å². The van der Waals surface area contributed by atoms with Crippen molar-refractivity contribution in [1.29, 1.82) is 0 Å². The summed E-state index contributed by atoms with van der Waals surface area (Å²) in [6.07, 6.45) is 5.18. The van der Waals surface area contributed by atoms with Crippen molar-refractivity contribution >= 4 is 5.71 Å². The van der Waals surface area contributed by atoms with Crippen LogP contribution in [0.5, 0.6) is 0 Å². The van der Waals surface area contributed by atoms with E-state index in [1.54, 1.807) is 0 Å². The van der Waals surface area contributed by atoms with Crippen molar-refractivity contribution in [3.8, 4) is 0 Å². The first-order valence-corrected chi connectivity index (χ1v) is 4.60. The van der Waals surface area contributed by atoms with Crippen molar-refractivity contribution < 1.29 is 5.21 Å². The van der Waals surface area contributed by atoms with Gasteiger partial charge in [-0.25, -0.2) is 0 Å². The fourth-order valence-corrected chi connectivity index (χ4v) is 2.18. The summed E-state index contributed by atoms with van der Waals surface area (Å²) in [5.41, 5.74) is 4.53. The van der Waals surface area contributed by atoms with E-state index in [0.29, 0.717) is 0 Å². The van der Waals surface area contributed by atoms with Gasteiger partial charge in [-0.05, 0) is 31.7 Å². The van der Waals surface area contributed by atoms with E-state index < -0.39 is 0 Å². The van der Waals surface area contributed by atoms with E-state index >= 15 is 0 Å². The Balaban J connectivity index is 2.62. The van der Waals surface area contributed by atoms with Crippen molar-refractivity contribution in [3.63, 3.8) is 0 Å². The van der Waals surface area contributed by atoms with E-state index in [1.807, 2.05) is 7.05 Å². The zero-order valence-electron chi connectivity index (χ0n) is 8.04. The number of aromatic nitrogens is 1. The lowest BCUT2D eigenvalue weighted by Gasteiger charge is -2.14. The molecule has 1 aromatic heterocycles. The number of hydrogen-bond acceptors (Lipinski definition) is 2. The number of hydrogen-bond donors (Lipinski definition) is 1. The molecule has 0 aromatic carbocycles. The van der Waals surface area contributed by atoms with E-state index in [0.717, 1.165) is 30.5 Å². The molecule has 0 bridgehead atoms. The number of rotatable bonds is 0. The summed E-state index contributed by atoms with van der Waals surface area (Å²) < 4.78 is 2.13. The fraction of sp³-hybridized carbons (Fsp3) is 0.500. The van der Waals surface area contributed by atoms with Gasteiger partial charge in [0.2, 0.25) is 0 Å². The third-order valence-electron chi connectivity index (χ3n) is 2.73. The Bertz CT molecular complexity index is 363. The molecule has 3 nitrogen and oxygen atoms in total. The Kier molecular flexibility index (Phi) is 1.87. The Morgan fingerprint density at radius 1 is 1.46 bits per heavy atom. The Morgan fingerprint density at radius 2 is 2.23 bits per heavy atom. The molecule has 0 saturated heterocycles. The Morgan fingerprint density at radius 3 is 2.92 bits per heavy atom. The maximum Gasteiger partial charge on any atom is 0.0888 e. The average molecular weight is 178 g/mol. The summed E-state index contributed by atoms with van der Waals surface area (Å²) in [6, 6.07) is 0. The van der Waals surface area contributed by atoms with Crippen LogP contribution in [0.2, 0.25) is 0 Å². The monoisotopic (exact) mass is 178 g/mol. The SMILES string of the molecule is Cc1cn(C)c2c1C(=NO)CCC2. The molecule has 70 valence electrons. The molecule has 3 heteroatoms. The molecule has 0 radical (unpaired) electrons. The minimum Gasteiger partial charge on any atom is -0.411 e. The lowest BCUT2D eigenvalue weighted by atomic mass is 9.93. The highest BCUT2D eigenvalue weighted by molar-refractivity contribution is 6.03. The normalized spacial score (nSPS) is 19.1. The third kappa shape index (κ3) is 1.15. The fourth-order valence-electron chi connectivity index (χ4n) is 2.18. The molecule has 0 fully saturated rings. The molecule has 13 heavy (non-hydrogen) atoms. The molecule has 0 saturated carbocycles.